The van der Waals surface area contributed by atoms with Crippen LogP contribution in [0.2, 0.25) is 0 Å². The standard InChI is InChI=1S/C24H34BrNO5/c1-5-6-12-28-21-15-29-26-22(21)18-14-17(25)10-11-19(18)30-20(13-16-8-7-9-16)23(27)31-24(2,3)4/h10-11,14,16,20-21H,5-9,12-13,15H2,1-4H3. The van der Waals surface area contributed by atoms with Gasteiger partial charge >= 0.3 is 5.97 Å². The summed E-state index contributed by atoms with van der Waals surface area (Å²) in [6.45, 7) is 8.78. The van der Waals surface area contributed by atoms with Crippen LogP contribution in [-0.2, 0) is 19.1 Å². The third-order valence-corrected chi connectivity index (χ3v) is 5.93. The predicted octanol–water partition coefficient (Wildman–Crippen LogP) is 5.65. The van der Waals surface area contributed by atoms with Crippen molar-refractivity contribution in [2.45, 2.75) is 84.0 Å². The zero-order chi connectivity index (χ0) is 22.4. The van der Waals surface area contributed by atoms with E-state index in [0.717, 1.165) is 35.7 Å². The highest BCUT2D eigenvalue weighted by molar-refractivity contribution is 9.10. The quantitative estimate of drug-likeness (QED) is 0.310. The lowest BCUT2D eigenvalue weighted by molar-refractivity contribution is -0.164. The third-order valence-electron chi connectivity index (χ3n) is 5.44. The summed E-state index contributed by atoms with van der Waals surface area (Å²) in [5.41, 5.74) is 0.900. The van der Waals surface area contributed by atoms with Crippen molar-refractivity contribution in [3.05, 3.63) is 28.2 Å². The van der Waals surface area contributed by atoms with E-state index in [9.17, 15) is 4.79 Å². The number of oxime groups is 1. The molecule has 0 radical (unpaired) electrons. The molecule has 2 unspecified atom stereocenters. The van der Waals surface area contributed by atoms with E-state index >= 15 is 0 Å². The minimum atomic E-state index is -0.660. The maximum atomic E-state index is 12.9. The zero-order valence-corrected chi connectivity index (χ0v) is 20.6. The summed E-state index contributed by atoms with van der Waals surface area (Å²) in [5.74, 6) is 0.758. The Bertz CT molecular complexity index is 785. The Hall–Kier alpha value is -1.60. The van der Waals surface area contributed by atoms with Crippen molar-refractivity contribution in [1.82, 2.24) is 0 Å². The smallest absolute Gasteiger partial charge is 0.347 e. The summed E-state index contributed by atoms with van der Waals surface area (Å²) < 4.78 is 18.9. The molecule has 172 valence electrons. The number of carbonyl (C=O) groups is 1. The Morgan fingerprint density at radius 3 is 2.74 bits per heavy atom. The van der Waals surface area contributed by atoms with Gasteiger partial charge in [-0.1, -0.05) is 53.7 Å². The van der Waals surface area contributed by atoms with E-state index in [-0.39, 0.29) is 12.1 Å². The van der Waals surface area contributed by atoms with Crippen LogP contribution in [0.1, 0.15) is 71.8 Å². The van der Waals surface area contributed by atoms with Crippen LogP contribution in [0.5, 0.6) is 5.75 Å². The molecule has 1 fully saturated rings. The SMILES string of the molecule is CCCCOC1CON=C1c1cc(Br)ccc1OC(CC1CCC1)C(=O)OC(C)(C)C. The number of ether oxygens (including phenoxy) is 3. The van der Waals surface area contributed by atoms with Crippen molar-refractivity contribution in [3.8, 4) is 5.75 Å². The number of halogens is 1. The van der Waals surface area contributed by atoms with Gasteiger partial charge in [-0.05, 0) is 57.7 Å². The zero-order valence-electron chi connectivity index (χ0n) is 19.0. The number of esters is 1. The van der Waals surface area contributed by atoms with Crippen LogP contribution in [0.3, 0.4) is 0 Å². The van der Waals surface area contributed by atoms with E-state index in [1.807, 2.05) is 39.0 Å². The van der Waals surface area contributed by atoms with E-state index < -0.39 is 11.7 Å². The second kappa shape index (κ2) is 10.8. The number of hydrogen-bond acceptors (Lipinski definition) is 6. The lowest BCUT2D eigenvalue weighted by atomic mass is 9.81. The summed E-state index contributed by atoms with van der Waals surface area (Å²) in [6, 6.07) is 5.70. The van der Waals surface area contributed by atoms with Gasteiger partial charge in [0.25, 0.3) is 0 Å². The van der Waals surface area contributed by atoms with Crippen molar-refractivity contribution < 1.29 is 23.8 Å². The largest absolute Gasteiger partial charge is 0.478 e. The third kappa shape index (κ3) is 6.94. The van der Waals surface area contributed by atoms with Gasteiger partial charge in [-0.15, -0.1) is 0 Å². The maximum Gasteiger partial charge on any atom is 0.347 e. The number of rotatable bonds is 10. The summed E-state index contributed by atoms with van der Waals surface area (Å²) in [5, 5.41) is 4.24. The fraction of sp³-hybridized carbons (Fsp3) is 0.667. The first-order valence-corrected chi connectivity index (χ1v) is 12.1. The highest BCUT2D eigenvalue weighted by atomic mass is 79.9. The Morgan fingerprint density at radius 2 is 2.10 bits per heavy atom. The predicted molar refractivity (Wildman–Crippen MR) is 123 cm³/mol. The lowest BCUT2D eigenvalue weighted by Gasteiger charge is -2.31. The average molecular weight is 496 g/mol. The van der Waals surface area contributed by atoms with Crippen molar-refractivity contribution in [1.29, 1.82) is 0 Å². The van der Waals surface area contributed by atoms with Crippen LogP contribution in [0, 0.1) is 5.92 Å². The molecule has 1 saturated carbocycles. The Kier molecular flexibility index (Phi) is 8.39. The molecule has 1 aromatic carbocycles. The minimum Gasteiger partial charge on any atom is -0.478 e. The molecule has 0 bridgehead atoms. The van der Waals surface area contributed by atoms with E-state index in [1.165, 1.54) is 6.42 Å². The molecular weight excluding hydrogens is 462 g/mol. The van der Waals surface area contributed by atoms with Gasteiger partial charge in [0.15, 0.2) is 6.10 Å². The first-order valence-electron chi connectivity index (χ1n) is 11.3. The number of benzene rings is 1. The number of carbonyl (C=O) groups excluding carboxylic acids is 1. The van der Waals surface area contributed by atoms with E-state index in [1.54, 1.807) is 0 Å². The monoisotopic (exact) mass is 495 g/mol. The first kappa shape index (κ1) is 24.1. The average Bonchev–Trinajstić information content (AvgIpc) is 3.11. The summed E-state index contributed by atoms with van der Waals surface area (Å²) in [4.78, 5) is 18.3. The molecule has 0 saturated heterocycles. The molecule has 1 aliphatic carbocycles. The highest BCUT2D eigenvalue weighted by Gasteiger charge is 2.34. The van der Waals surface area contributed by atoms with Gasteiger partial charge in [-0.3, -0.25) is 0 Å². The van der Waals surface area contributed by atoms with E-state index in [2.05, 4.69) is 28.0 Å². The van der Waals surface area contributed by atoms with Gasteiger partial charge in [0.2, 0.25) is 0 Å². The molecule has 1 heterocycles. The van der Waals surface area contributed by atoms with E-state index in [0.29, 0.717) is 37.0 Å². The Balaban J connectivity index is 1.82. The highest BCUT2D eigenvalue weighted by Crippen LogP contribution is 2.34. The molecule has 7 heteroatoms. The van der Waals surface area contributed by atoms with Gasteiger partial charge < -0.3 is 19.0 Å². The molecule has 1 aliphatic heterocycles. The molecule has 0 aromatic heterocycles. The number of nitrogens with zero attached hydrogens (tertiary/aromatic N) is 1. The normalized spacial score (nSPS) is 19.9. The molecule has 2 aliphatic rings. The van der Waals surface area contributed by atoms with Gasteiger partial charge in [-0.25, -0.2) is 4.79 Å². The molecule has 0 spiro atoms. The molecule has 1 aromatic rings. The molecular formula is C24H34BrNO5. The van der Waals surface area contributed by atoms with Crippen LogP contribution in [0.15, 0.2) is 27.8 Å². The number of unbranched alkanes of at least 4 members (excludes halogenated alkanes) is 1. The summed E-state index contributed by atoms with van der Waals surface area (Å²) in [6.07, 6.45) is 5.25. The first-order chi connectivity index (χ1) is 14.8. The second-order valence-electron chi connectivity index (χ2n) is 9.30. The molecule has 31 heavy (non-hydrogen) atoms. The van der Waals surface area contributed by atoms with Crippen molar-refractivity contribution in [2.24, 2.45) is 11.1 Å². The lowest BCUT2D eigenvalue weighted by Crippen LogP contribution is -2.38. The van der Waals surface area contributed by atoms with Crippen LogP contribution >= 0.6 is 15.9 Å². The van der Waals surface area contributed by atoms with Gasteiger partial charge in [-0.2, -0.15) is 0 Å². The Morgan fingerprint density at radius 1 is 1.32 bits per heavy atom. The summed E-state index contributed by atoms with van der Waals surface area (Å²) in [7, 11) is 0. The maximum absolute atomic E-state index is 12.9. The van der Waals surface area contributed by atoms with Crippen LogP contribution in [-0.4, -0.2) is 42.7 Å². The fourth-order valence-corrected chi connectivity index (χ4v) is 3.94. The van der Waals surface area contributed by atoms with Crippen LogP contribution in [0.25, 0.3) is 0 Å². The Labute approximate surface area is 193 Å². The molecule has 2 atom stereocenters. The fourth-order valence-electron chi connectivity index (χ4n) is 3.58. The topological polar surface area (TPSA) is 66.3 Å². The molecule has 6 nitrogen and oxygen atoms in total. The second-order valence-corrected chi connectivity index (χ2v) is 10.2. The van der Waals surface area contributed by atoms with Crippen LogP contribution in [0.4, 0.5) is 0 Å². The molecule has 0 amide bonds. The van der Waals surface area contributed by atoms with Crippen molar-refractivity contribution in [3.63, 3.8) is 0 Å². The molecule has 3 rings (SSSR count). The van der Waals surface area contributed by atoms with Crippen molar-refractivity contribution >= 4 is 27.6 Å². The van der Waals surface area contributed by atoms with Gasteiger partial charge in [0.05, 0.1) is 0 Å². The number of hydrogen-bond donors (Lipinski definition) is 0. The van der Waals surface area contributed by atoms with Gasteiger partial charge in [0, 0.05) is 16.6 Å². The molecule has 0 N–H and O–H groups in total. The van der Waals surface area contributed by atoms with E-state index in [4.69, 9.17) is 19.0 Å². The van der Waals surface area contributed by atoms with Crippen molar-refractivity contribution in [2.75, 3.05) is 13.2 Å². The van der Waals surface area contributed by atoms with Gasteiger partial charge in [0.1, 0.15) is 29.8 Å². The van der Waals surface area contributed by atoms with Crippen LogP contribution < -0.4 is 4.74 Å². The summed E-state index contributed by atoms with van der Waals surface area (Å²) >= 11 is 3.54. The minimum absolute atomic E-state index is 0.255.